The van der Waals surface area contributed by atoms with Gasteiger partial charge in [-0.15, -0.1) is 0 Å². The zero-order chi connectivity index (χ0) is 13.8. The number of carbonyl (C=O) groups excluding carboxylic acids is 2. The molecule has 1 aliphatic heterocycles. The molecule has 0 bridgehead atoms. The van der Waals surface area contributed by atoms with E-state index in [2.05, 4.69) is 20.8 Å². The van der Waals surface area contributed by atoms with Gasteiger partial charge in [0.15, 0.2) is 0 Å². The third kappa shape index (κ3) is 5.19. The fourth-order valence-electron chi connectivity index (χ4n) is 2.60. The second kappa shape index (κ2) is 6.35. The lowest BCUT2D eigenvalue weighted by Gasteiger charge is -2.32. The van der Waals surface area contributed by atoms with E-state index < -0.39 is 0 Å². The van der Waals surface area contributed by atoms with E-state index in [0.29, 0.717) is 12.8 Å². The number of rotatable bonds is 3. The second-order valence-corrected chi connectivity index (χ2v) is 6.73. The fraction of sp³-hybridized carbons (Fsp3) is 0.867. The van der Waals surface area contributed by atoms with Gasteiger partial charge in [-0.1, -0.05) is 33.6 Å². The van der Waals surface area contributed by atoms with Gasteiger partial charge in [-0.2, -0.15) is 0 Å². The van der Waals surface area contributed by atoms with Gasteiger partial charge in [-0.05, 0) is 25.2 Å². The van der Waals surface area contributed by atoms with Crippen LogP contribution in [0.25, 0.3) is 0 Å². The summed E-state index contributed by atoms with van der Waals surface area (Å²) in [6, 6.07) is 0.139. The molecule has 1 amide bonds. The largest absolute Gasteiger partial charge is 0.339 e. The van der Waals surface area contributed by atoms with Crippen molar-refractivity contribution in [3.8, 4) is 0 Å². The Balaban J connectivity index is 2.72. The third-order valence-corrected chi connectivity index (χ3v) is 3.40. The molecular weight excluding hydrogens is 226 g/mol. The van der Waals surface area contributed by atoms with E-state index in [0.717, 1.165) is 25.8 Å². The van der Waals surface area contributed by atoms with Crippen LogP contribution in [0.15, 0.2) is 0 Å². The van der Waals surface area contributed by atoms with Crippen LogP contribution in [0.4, 0.5) is 0 Å². The summed E-state index contributed by atoms with van der Waals surface area (Å²) in [7, 11) is 0. The molecule has 0 saturated carbocycles. The van der Waals surface area contributed by atoms with Crippen LogP contribution < -0.4 is 0 Å². The maximum atomic E-state index is 12.4. The van der Waals surface area contributed by atoms with E-state index in [1.54, 1.807) is 6.92 Å². The topological polar surface area (TPSA) is 37.4 Å². The van der Waals surface area contributed by atoms with E-state index in [4.69, 9.17) is 0 Å². The van der Waals surface area contributed by atoms with Crippen molar-refractivity contribution in [1.29, 1.82) is 0 Å². The first kappa shape index (κ1) is 15.2. The van der Waals surface area contributed by atoms with Crippen molar-refractivity contribution in [3.63, 3.8) is 0 Å². The van der Waals surface area contributed by atoms with Gasteiger partial charge in [0.05, 0.1) is 0 Å². The van der Waals surface area contributed by atoms with Crippen LogP contribution in [0.5, 0.6) is 0 Å². The summed E-state index contributed by atoms with van der Waals surface area (Å²) in [6.45, 7) is 8.71. The molecule has 0 spiro atoms. The maximum Gasteiger partial charge on any atom is 0.223 e. The van der Waals surface area contributed by atoms with Crippen molar-refractivity contribution in [1.82, 2.24) is 4.90 Å². The standard InChI is InChI=1S/C15H27NO2/c1-12(17)10-13-8-6-5-7-9-16(13)14(18)11-15(2,3)4/h13H,5-11H2,1-4H3. The van der Waals surface area contributed by atoms with Gasteiger partial charge in [0.1, 0.15) is 5.78 Å². The first-order chi connectivity index (χ1) is 8.29. The highest BCUT2D eigenvalue weighted by molar-refractivity contribution is 5.80. The van der Waals surface area contributed by atoms with E-state index in [9.17, 15) is 9.59 Å². The lowest BCUT2D eigenvalue weighted by atomic mass is 9.91. The highest BCUT2D eigenvalue weighted by atomic mass is 16.2. The van der Waals surface area contributed by atoms with E-state index >= 15 is 0 Å². The Bertz CT molecular complexity index is 304. The summed E-state index contributed by atoms with van der Waals surface area (Å²) in [5, 5.41) is 0. The molecule has 0 aromatic rings. The van der Waals surface area contributed by atoms with Crippen LogP contribution in [0.2, 0.25) is 0 Å². The Labute approximate surface area is 111 Å². The summed E-state index contributed by atoms with van der Waals surface area (Å²) in [4.78, 5) is 25.7. The van der Waals surface area contributed by atoms with Crippen molar-refractivity contribution < 1.29 is 9.59 Å². The molecule has 3 nitrogen and oxygen atoms in total. The van der Waals surface area contributed by atoms with Crippen molar-refractivity contribution in [3.05, 3.63) is 0 Å². The Kier molecular flexibility index (Phi) is 5.36. The van der Waals surface area contributed by atoms with Crippen LogP contribution in [0.3, 0.4) is 0 Å². The molecule has 0 N–H and O–H groups in total. The molecule has 1 rings (SSSR count). The number of Topliss-reactive ketones (excluding diaryl/α,β-unsaturated/α-hetero) is 1. The van der Waals surface area contributed by atoms with E-state index in [1.807, 2.05) is 4.90 Å². The van der Waals surface area contributed by atoms with Gasteiger partial charge < -0.3 is 4.90 Å². The summed E-state index contributed by atoms with van der Waals surface area (Å²) in [5.41, 5.74) is 0.0180. The lowest BCUT2D eigenvalue weighted by molar-refractivity contribution is -0.136. The fourth-order valence-corrected chi connectivity index (χ4v) is 2.60. The monoisotopic (exact) mass is 253 g/mol. The molecule has 1 unspecified atom stereocenters. The summed E-state index contributed by atoms with van der Waals surface area (Å²) in [6.07, 6.45) is 5.46. The van der Waals surface area contributed by atoms with Crippen molar-refractivity contribution in [2.24, 2.45) is 5.41 Å². The van der Waals surface area contributed by atoms with E-state index in [1.165, 1.54) is 6.42 Å². The molecule has 0 radical (unpaired) electrons. The van der Waals surface area contributed by atoms with Crippen LogP contribution >= 0.6 is 0 Å². The SMILES string of the molecule is CC(=O)CC1CCCCCN1C(=O)CC(C)(C)C. The number of ketones is 1. The predicted molar refractivity (Wildman–Crippen MR) is 73.3 cm³/mol. The highest BCUT2D eigenvalue weighted by Gasteiger charge is 2.28. The Morgan fingerprint density at radius 3 is 2.39 bits per heavy atom. The predicted octanol–water partition coefficient (Wildman–Crippen LogP) is 3.17. The molecule has 1 fully saturated rings. The Morgan fingerprint density at radius 1 is 1.17 bits per heavy atom. The zero-order valence-corrected chi connectivity index (χ0v) is 12.3. The van der Waals surface area contributed by atoms with Crippen LogP contribution in [-0.4, -0.2) is 29.2 Å². The minimum atomic E-state index is 0.0180. The van der Waals surface area contributed by atoms with Gasteiger partial charge >= 0.3 is 0 Å². The van der Waals surface area contributed by atoms with Crippen molar-refractivity contribution in [2.45, 2.75) is 72.3 Å². The minimum Gasteiger partial charge on any atom is -0.339 e. The van der Waals surface area contributed by atoms with Crippen molar-refractivity contribution in [2.75, 3.05) is 6.54 Å². The van der Waals surface area contributed by atoms with Gasteiger partial charge in [0.2, 0.25) is 5.91 Å². The van der Waals surface area contributed by atoms with Crippen LogP contribution in [0, 0.1) is 5.41 Å². The normalized spacial score (nSPS) is 21.6. The molecule has 1 aliphatic rings. The number of hydrogen-bond donors (Lipinski definition) is 0. The number of carbonyl (C=O) groups is 2. The Hall–Kier alpha value is -0.860. The number of likely N-dealkylation sites (tertiary alicyclic amines) is 1. The first-order valence-corrected chi connectivity index (χ1v) is 7.08. The molecular formula is C15H27NO2. The average molecular weight is 253 g/mol. The molecule has 18 heavy (non-hydrogen) atoms. The molecule has 0 aliphatic carbocycles. The maximum absolute atomic E-state index is 12.4. The summed E-state index contributed by atoms with van der Waals surface area (Å²) < 4.78 is 0. The number of hydrogen-bond acceptors (Lipinski definition) is 2. The lowest BCUT2D eigenvalue weighted by Crippen LogP contribution is -2.42. The number of amides is 1. The van der Waals surface area contributed by atoms with Crippen LogP contribution in [-0.2, 0) is 9.59 Å². The average Bonchev–Trinajstić information content (AvgIpc) is 2.39. The third-order valence-electron chi connectivity index (χ3n) is 3.40. The number of nitrogens with zero attached hydrogens (tertiary/aromatic N) is 1. The van der Waals surface area contributed by atoms with Gasteiger partial charge in [-0.25, -0.2) is 0 Å². The highest BCUT2D eigenvalue weighted by Crippen LogP contribution is 2.25. The van der Waals surface area contributed by atoms with Gasteiger partial charge in [0.25, 0.3) is 0 Å². The molecule has 0 aromatic heterocycles. The van der Waals surface area contributed by atoms with Gasteiger partial charge in [-0.3, -0.25) is 9.59 Å². The summed E-state index contributed by atoms with van der Waals surface area (Å²) in [5.74, 6) is 0.408. The minimum absolute atomic E-state index is 0.0180. The van der Waals surface area contributed by atoms with Crippen LogP contribution in [0.1, 0.15) is 66.2 Å². The quantitative estimate of drug-likeness (QED) is 0.774. The first-order valence-electron chi connectivity index (χ1n) is 7.08. The van der Waals surface area contributed by atoms with Gasteiger partial charge in [0, 0.05) is 25.4 Å². The molecule has 0 aromatic carbocycles. The molecule has 1 heterocycles. The molecule has 104 valence electrons. The Morgan fingerprint density at radius 2 is 1.83 bits per heavy atom. The second-order valence-electron chi connectivity index (χ2n) is 6.73. The smallest absolute Gasteiger partial charge is 0.223 e. The summed E-state index contributed by atoms with van der Waals surface area (Å²) >= 11 is 0. The van der Waals surface area contributed by atoms with E-state index in [-0.39, 0.29) is 23.1 Å². The molecule has 1 saturated heterocycles. The van der Waals surface area contributed by atoms with Crippen molar-refractivity contribution >= 4 is 11.7 Å². The zero-order valence-electron chi connectivity index (χ0n) is 12.3. The molecule has 1 atom stereocenters. The molecule has 3 heteroatoms.